The number of carboxylic acids is 2. The van der Waals surface area contributed by atoms with E-state index in [1.807, 2.05) is 0 Å². The van der Waals surface area contributed by atoms with Crippen molar-refractivity contribution in [3.8, 4) is 0 Å². The molecule has 2 saturated heterocycles. The summed E-state index contributed by atoms with van der Waals surface area (Å²) in [6.07, 6.45) is 3.07. The first-order chi connectivity index (χ1) is 23.3. The highest BCUT2D eigenvalue weighted by Gasteiger charge is 2.55. The number of carboxylic acid groups (broad SMARTS) is 2. The zero-order valence-electron chi connectivity index (χ0n) is 26.4. The van der Waals surface area contributed by atoms with Crippen molar-refractivity contribution in [2.75, 3.05) is 44.2 Å². The van der Waals surface area contributed by atoms with Gasteiger partial charge in [0, 0.05) is 35.1 Å². The van der Waals surface area contributed by atoms with E-state index in [2.05, 4.69) is 20.8 Å². The number of thioether (sulfide) groups is 1. The molecular weight excluding hydrogens is 683 g/mol. The van der Waals surface area contributed by atoms with Gasteiger partial charge in [0.1, 0.15) is 29.4 Å². The van der Waals surface area contributed by atoms with Crippen LogP contribution in [0.2, 0.25) is 0 Å². The Bertz CT molecular complexity index is 1690. The summed E-state index contributed by atoms with van der Waals surface area (Å²) >= 11 is 2.32. The molecule has 4 heterocycles. The van der Waals surface area contributed by atoms with Gasteiger partial charge in [-0.15, -0.1) is 23.1 Å². The van der Waals surface area contributed by atoms with Gasteiger partial charge in [0.2, 0.25) is 17.8 Å². The Labute approximate surface area is 288 Å². The number of carbonyl (C=O) groups is 6. The molecule has 7 N–H and O–H groups in total. The van der Waals surface area contributed by atoms with Crippen LogP contribution in [0.5, 0.6) is 0 Å². The van der Waals surface area contributed by atoms with Gasteiger partial charge in [-0.3, -0.25) is 24.1 Å². The number of anilines is 1. The summed E-state index contributed by atoms with van der Waals surface area (Å²) in [4.78, 5) is 85.5. The number of aliphatic hydroxyl groups is 1. The van der Waals surface area contributed by atoms with Crippen LogP contribution in [0.3, 0.4) is 0 Å². The van der Waals surface area contributed by atoms with E-state index in [1.54, 1.807) is 6.92 Å². The number of hydrogen-bond acceptors (Lipinski definition) is 13. The Kier molecular flexibility index (Phi) is 10.7. The van der Waals surface area contributed by atoms with Gasteiger partial charge in [0.25, 0.3) is 11.8 Å². The summed E-state index contributed by atoms with van der Waals surface area (Å²) in [6.45, 7) is 4.17. The first-order valence-corrected chi connectivity index (χ1v) is 17.4. The molecule has 49 heavy (non-hydrogen) atoms. The van der Waals surface area contributed by atoms with Gasteiger partial charge in [-0.2, -0.15) is 0 Å². The van der Waals surface area contributed by atoms with Crippen LogP contribution in [0.15, 0.2) is 45.3 Å². The fourth-order valence-corrected chi connectivity index (χ4v) is 8.06. The molecule has 0 saturated carbocycles. The Balaban J connectivity index is 1.28. The first-order valence-electron chi connectivity index (χ1n) is 15.5. The van der Waals surface area contributed by atoms with Crippen molar-refractivity contribution in [1.82, 2.24) is 20.5 Å². The van der Waals surface area contributed by atoms with Gasteiger partial charge in [0.05, 0.1) is 26.2 Å². The number of ketones is 1. The molecule has 4 aliphatic rings. The molecule has 0 aromatic carbocycles. The van der Waals surface area contributed by atoms with Crippen LogP contribution in [0.4, 0.5) is 5.13 Å². The van der Waals surface area contributed by atoms with E-state index in [1.165, 1.54) is 28.1 Å². The number of hydrogen-bond donors (Lipinski definition) is 6. The zero-order chi connectivity index (χ0) is 35.5. The average molecular weight is 719 g/mol. The van der Waals surface area contributed by atoms with Crippen molar-refractivity contribution in [3.63, 3.8) is 0 Å². The Morgan fingerprint density at radius 2 is 1.96 bits per heavy atom. The second-order valence-corrected chi connectivity index (χ2v) is 13.9. The molecular formula is C30H36N7O10S2+. The molecule has 1 aliphatic carbocycles. The molecule has 0 bridgehead atoms. The number of rotatable bonds is 14. The number of nitrogens with zero attached hydrogens (tertiary/aromatic N) is 4. The SMILES string of the molecule is CC[C@H](O/N=C(\C(=O)N[C@@H]1C(=O)N2C(C(=O)O)=C(C[N+]3(CCNC(=O)C4=CC(=O)C(O)=CC4)CCCC3)CS[C@H]12)c1csc(N)n1)C(=O)O. The number of oxime groups is 1. The van der Waals surface area contributed by atoms with E-state index in [-0.39, 0.29) is 52.9 Å². The van der Waals surface area contributed by atoms with Crippen molar-refractivity contribution < 1.29 is 53.4 Å². The smallest absolute Gasteiger partial charge is 0.352 e. The number of fused-ring (bicyclic) bond motifs is 1. The molecule has 0 spiro atoms. The van der Waals surface area contributed by atoms with E-state index >= 15 is 0 Å². The van der Waals surface area contributed by atoms with Crippen LogP contribution < -0.4 is 16.4 Å². The molecule has 1 aromatic heterocycles. The Morgan fingerprint density at radius 1 is 1.22 bits per heavy atom. The van der Waals surface area contributed by atoms with E-state index in [9.17, 15) is 44.1 Å². The third-order valence-electron chi connectivity index (χ3n) is 8.71. The summed E-state index contributed by atoms with van der Waals surface area (Å²) in [5.41, 5.74) is 6.02. The summed E-state index contributed by atoms with van der Waals surface area (Å²) < 4.78 is 0.504. The molecule has 3 amide bonds. The number of aliphatic hydroxyl groups excluding tert-OH is 1. The monoisotopic (exact) mass is 718 g/mol. The van der Waals surface area contributed by atoms with Crippen molar-refractivity contribution in [3.05, 3.63) is 45.8 Å². The summed E-state index contributed by atoms with van der Waals surface area (Å²) in [6, 6.07) is -1.10. The van der Waals surface area contributed by atoms with Crippen LogP contribution in [-0.2, 0) is 33.6 Å². The number of quaternary nitrogens is 1. The number of nitrogens with two attached hydrogens (primary N) is 1. The van der Waals surface area contributed by atoms with Crippen LogP contribution in [0.1, 0.15) is 38.3 Å². The van der Waals surface area contributed by atoms with E-state index in [0.29, 0.717) is 23.1 Å². The van der Waals surface area contributed by atoms with Crippen LogP contribution in [0, 0.1) is 0 Å². The molecule has 3 atom stereocenters. The quantitative estimate of drug-likeness (QED) is 0.0648. The zero-order valence-corrected chi connectivity index (χ0v) is 28.1. The highest BCUT2D eigenvalue weighted by atomic mass is 32.2. The maximum atomic E-state index is 13.4. The van der Waals surface area contributed by atoms with Gasteiger partial charge in [0.15, 0.2) is 16.6 Å². The van der Waals surface area contributed by atoms with Crippen molar-refractivity contribution in [2.45, 2.75) is 50.1 Å². The minimum Gasteiger partial charge on any atom is -0.504 e. The Morgan fingerprint density at radius 3 is 2.57 bits per heavy atom. The molecule has 0 radical (unpaired) electrons. The van der Waals surface area contributed by atoms with Gasteiger partial charge < -0.3 is 41.0 Å². The fourth-order valence-electron chi connectivity index (χ4n) is 6.17. The lowest BCUT2D eigenvalue weighted by atomic mass is 10.0. The van der Waals surface area contributed by atoms with E-state index < -0.39 is 58.7 Å². The number of thiazole rings is 1. The number of aromatic nitrogens is 1. The molecule has 262 valence electrons. The van der Waals surface area contributed by atoms with Crippen molar-refractivity contribution in [1.29, 1.82) is 0 Å². The topological polar surface area (TPSA) is 251 Å². The molecule has 0 unspecified atom stereocenters. The van der Waals surface area contributed by atoms with Crippen LogP contribution >= 0.6 is 23.1 Å². The summed E-state index contributed by atoms with van der Waals surface area (Å²) in [7, 11) is 0. The Hall–Kier alpha value is -4.75. The van der Waals surface area contributed by atoms with Gasteiger partial charge in [-0.25, -0.2) is 14.6 Å². The van der Waals surface area contributed by atoms with Crippen molar-refractivity contribution >= 4 is 69.4 Å². The highest BCUT2D eigenvalue weighted by molar-refractivity contribution is 8.00. The first kappa shape index (κ1) is 35.6. The van der Waals surface area contributed by atoms with Gasteiger partial charge >= 0.3 is 11.9 Å². The normalized spacial score (nSPS) is 22.4. The lowest BCUT2D eigenvalue weighted by Crippen LogP contribution is -2.71. The van der Waals surface area contributed by atoms with Crippen LogP contribution in [-0.4, -0.2) is 127 Å². The van der Waals surface area contributed by atoms with Gasteiger partial charge in [-0.05, 0) is 25.0 Å². The third-order valence-corrected chi connectivity index (χ3v) is 10.7. The number of carbonyl (C=O) groups excluding carboxylic acids is 4. The number of β-lactam (4-membered cyclic amide) rings is 1. The number of aliphatic carboxylic acids is 2. The summed E-state index contributed by atoms with van der Waals surface area (Å²) in [5.74, 6) is -5.23. The van der Waals surface area contributed by atoms with E-state index in [4.69, 9.17) is 10.6 Å². The minimum atomic E-state index is -1.33. The second kappa shape index (κ2) is 14.8. The standard InChI is InChI=1S/C30H35N7O10S2/c1-2-20(28(43)44)47-35-21(17-14-49-30(31)33-17)25(41)34-22-26(42)36-23(29(45)46)16(13-48-27(22)36)12-37(8-3-4-9-37)10-7-32-24(40)15-5-6-18(38)19(39)11-15/h6,11,14,20,22,27H,2-5,7-10,12-13H2,1H3,(H6-,31,32,33,34,38,40,41,43,44,45,46)/p+1/b35-21-/t20-,22+,27+/m0/s1. The van der Waals surface area contributed by atoms with E-state index in [0.717, 1.165) is 43.3 Å². The second-order valence-electron chi connectivity index (χ2n) is 11.9. The molecule has 19 heteroatoms. The number of amides is 3. The minimum absolute atomic E-state index is 0.0180. The van der Waals surface area contributed by atoms with Crippen LogP contribution in [0.25, 0.3) is 0 Å². The number of likely N-dealkylation sites (tertiary alicyclic amines) is 1. The van der Waals surface area contributed by atoms with Gasteiger partial charge in [-0.1, -0.05) is 12.1 Å². The summed E-state index contributed by atoms with van der Waals surface area (Å²) in [5, 5.41) is 39.1. The predicted octanol–water partition coefficient (Wildman–Crippen LogP) is 0.116. The molecule has 1 aromatic rings. The molecule has 17 nitrogen and oxygen atoms in total. The maximum Gasteiger partial charge on any atom is 0.352 e. The largest absolute Gasteiger partial charge is 0.504 e. The number of nitrogens with one attached hydrogen (secondary N) is 2. The highest BCUT2D eigenvalue weighted by Crippen LogP contribution is 2.41. The predicted molar refractivity (Wildman–Crippen MR) is 176 cm³/mol. The lowest BCUT2D eigenvalue weighted by Gasteiger charge is -2.50. The third kappa shape index (κ3) is 7.62. The molecule has 3 aliphatic heterocycles. The molecule has 5 rings (SSSR count). The number of nitrogen functional groups attached to an aromatic ring is 1. The number of allylic oxidation sites excluding steroid dienone is 2. The van der Waals surface area contributed by atoms with Crippen molar-refractivity contribution in [2.24, 2.45) is 5.16 Å². The average Bonchev–Trinajstić information content (AvgIpc) is 3.71. The maximum absolute atomic E-state index is 13.4. The molecule has 2 fully saturated rings. The fraction of sp³-hybridized carbons (Fsp3) is 0.467. The lowest BCUT2D eigenvalue weighted by molar-refractivity contribution is -0.911.